The number of hydrogen-bond donors (Lipinski definition) is 2. The van der Waals surface area contributed by atoms with E-state index in [1.165, 1.54) is 0 Å². The van der Waals surface area contributed by atoms with Gasteiger partial charge < -0.3 is 10.4 Å². The zero-order chi connectivity index (χ0) is 14.0. The fourth-order valence-electron chi connectivity index (χ4n) is 1.26. The summed E-state index contributed by atoms with van der Waals surface area (Å²) >= 11 is 0.997. The predicted molar refractivity (Wildman–Crippen MR) is 65.8 cm³/mol. The van der Waals surface area contributed by atoms with Gasteiger partial charge in [0.15, 0.2) is 5.69 Å². The van der Waals surface area contributed by atoms with Crippen LogP contribution in [0, 0.1) is 17.0 Å². The van der Waals surface area contributed by atoms with Gasteiger partial charge in [0.2, 0.25) is 10.9 Å². The highest BCUT2D eigenvalue weighted by Crippen LogP contribution is 2.26. The maximum absolute atomic E-state index is 10.8. The molecular formula is C9H7N5O4S. The van der Waals surface area contributed by atoms with E-state index in [9.17, 15) is 14.9 Å². The van der Waals surface area contributed by atoms with Gasteiger partial charge in [0, 0.05) is 17.6 Å². The van der Waals surface area contributed by atoms with Crippen LogP contribution in [0.1, 0.15) is 16.3 Å². The van der Waals surface area contributed by atoms with Crippen LogP contribution in [0.2, 0.25) is 0 Å². The van der Waals surface area contributed by atoms with Crippen LogP contribution in [0.15, 0.2) is 12.1 Å². The number of nitrogens with zero attached hydrogens (tertiary/aromatic N) is 4. The molecule has 0 spiro atoms. The Kier molecular flexibility index (Phi) is 3.33. The number of carboxylic acids is 1. The topological polar surface area (TPSA) is 131 Å². The molecule has 98 valence electrons. The monoisotopic (exact) mass is 281 g/mol. The number of nitro groups is 1. The first-order valence-electron chi connectivity index (χ1n) is 4.93. The highest BCUT2D eigenvalue weighted by molar-refractivity contribution is 7.09. The molecule has 2 heterocycles. The fraction of sp³-hybridized carbons (Fsp3) is 0.111. The molecule has 19 heavy (non-hydrogen) atoms. The largest absolute Gasteiger partial charge is 0.477 e. The summed E-state index contributed by atoms with van der Waals surface area (Å²) in [6.45, 7) is 1.66. The van der Waals surface area contributed by atoms with Crippen molar-refractivity contribution >= 4 is 34.1 Å². The maximum atomic E-state index is 10.8. The molecule has 0 unspecified atom stereocenters. The normalized spacial score (nSPS) is 10.2. The average Bonchev–Trinajstić information content (AvgIpc) is 2.74. The van der Waals surface area contributed by atoms with E-state index in [0.717, 1.165) is 23.7 Å². The van der Waals surface area contributed by atoms with E-state index in [1.54, 1.807) is 6.92 Å². The van der Waals surface area contributed by atoms with Crippen LogP contribution in [0.5, 0.6) is 0 Å². The second-order valence-corrected chi connectivity index (χ2v) is 4.15. The lowest BCUT2D eigenvalue weighted by Crippen LogP contribution is -2.05. The highest BCUT2D eigenvalue weighted by Gasteiger charge is 2.19. The molecule has 0 amide bonds. The minimum Gasteiger partial charge on any atom is -0.477 e. The van der Waals surface area contributed by atoms with E-state index in [0.29, 0.717) is 11.0 Å². The molecule has 0 saturated heterocycles. The van der Waals surface area contributed by atoms with Gasteiger partial charge in [0.1, 0.15) is 5.82 Å². The Morgan fingerprint density at radius 2 is 2.21 bits per heavy atom. The van der Waals surface area contributed by atoms with Gasteiger partial charge in [-0.3, -0.25) is 10.1 Å². The number of aromatic carboxylic acids is 1. The van der Waals surface area contributed by atoms with Crippen LogP contribution in [0.3, 0.4) is 0 Å². The van der Waals surface area contributed by atoms with E-state index in [1.807, 2.05) is 0 Å². The number of carbonyl (C=O) groups is 1. The number of rotatable bonds is 4. The number of aromatic nitrogens is 3. The second kappa shape index (κ2) is 4.94. The first-order valence-corrected chi connectivity index (χ1v) is 5.71. The lowest BCUT2D eigenvalue weighted by atomic mass is 10.3. The van der Waals surface area contributed by atoms with Crippen LogP contribution in [0.4, 0.5) is 16.6 Å². The summed E-state index contributed by atoms with van der Waals surface area (Å²) in [4.78, 5) is 28.6. The van der Waals surface area contributed by atoms with Crippen molar-refractivity contribution in [1.29, 1.82) is 0 Å². The molecule has 0 aliphatic rings. The van der Waals surface area contributed by atoms with Gasteiger partial charge in [-0.15, -0.1) is 0 Å². The third-order valence-electron chi connectivity index (χ3n) is 2.04. The molecule has 0 aromatic carbocycles. The quantitative estimate of drug-likeness (QED) is 0.637. The lowest BCUT2D eigenvalue weighted by Gasteiger charge is -2.03. The van der Waals surface area contributed by atoms with Gasteiger partial charge in [0.25, 0.3) is 0 Å². The van der Waals surface area contributed by atoms with Gasteiger partial charge in [-0.05, 0) is 13.0 Å². The summed E-state index contributed by atoms with van der Waals surface area (Å²) < 4.78 is 3.90. The van der Waals surface area contributed by atoms with E-state index < -0.39 is 10.9 Å². The van der Waals surface area contributed by atoms with Gasteiger partial charge in [-0.2, -0.15) is 4.37 Å². The Morgan fingerprint density at radius 1 is 1.47 bits per heavy atom. The highest BCUT2D eigenvalue weighted by atomic mass is 32.1. The predicted octanol–water partition coefficient (Wildman–Crippen LogP) is 1.59. The standard InChI is InChI=1S/C9H7N5O4S/c1-4-10-9(19-13-4)12-7-6(14(17)18)3-2-5(11-7)8(15)16/h2-3H,1H3,(H,15,16)(H,10,11,12,13). The smallest absolute Gasteiger partial charge is 0.354 e. The molecule has 0 bridgehead atoms. The SMILES string of the molecule is Cc1nsc(Nc2nc(C(=O)O)ccc2[N+](=O)[O-])n1. The van der Waals surface area contributed by atoms with Crippen LogP contribution in [-0.2, 0) is 0 Å². The zero-order valence-electron chi connectivity index (χ0n) is 9.52. The molecule has 0 fully saturated rings. The van der Waals surface area contributed by atoms with E-state index in [-0.39, 0.29) is 17.2 Å². The molecule has 0 aliphatic heterocycles. The summed E-state index contributed by atoms with van der Waals surface area (Å²) in [6, 6.07) is 2.14. The van der Waals surface area contributed by atoms with Crippen molar-refractivity contribution < 1.29 is 14.8 Å². The summed E-state index contributed by atoms with van der Waals surface area (Å²) in [5.74, 6) is -0.947. The van der Waals surface area contributed by atoms with Crippen molar-refractivity contribution in [2.24, 2.45) is 0 Å². The molecule has 2 aromatic heterocycles. The summed E-state index contributed by atoms with van der Waals surface area (Å²) in [5, 5.41) is 22.6. The fourth-order valence-corrected chi connectivity index (χ4v) is 1.83. The van der Waals surface area contributed by atoms with Crippen molar-refractivity contribution in [2.45, 2.75) is 6.92 Å². The maximum Gasteiger partial charge on any atom is 0.354 e. The first-order chi connectivity index (χ1) is 8.97. The van der Waals surface area contributed by atoms with Gasteiger partial charge in [0.05, 0.1) is 4.92 Å². The van der Waals surface area contributed by atoms with Gasteiger partial charge in [-0.1, -0.05) is 0 Å². The van der Waals surface area contributed by atoms with Crippen molar-refractivity contribution in [2.75, 3.05) is 5.32 Å². The summed E-state index contributed by atoms with van der Waals surface area (Å²) in [7, 11) is 0. The van der Waals surface area contributed by atoms with Crippen molar-refractivity contribution in [3.05, 3.63) is 33.8 Å². The van der Waals surface area contributed by atoms with Crippen molar-refractivity contribution in [1.82, 2.24) is 14.3 Å². The Bertz CT molecular complexity index is 656. The first kappa shape index (κ1) is 12.8. The van der Waals surface area contributed by atoms with Crippen LogP contribution >= 0.6 is 11.5 Å². The minimum atomic E-state index is -1.27. The molecule has 2 aromatic rings. The number of pyridine rings is 1. The third kappa shape index (κ3) is 2.80. The molecule has 10 heteroatoms. The Hall–Kier alpha value is -2.62. The summed E-state index contributed by atoms with van der Waals surface area (Å²) in [6.07, 6.45) is 0. The Labute approximate surface area is 110 Å². The van der Waals surface area contributed by atoms with Crippen molar-refractivity contribution in [3.63, 3.8) is 0 Å². The Morgan fingerprint density at radius 3 is 2.74 bits per heavy atom. The zero-order valence-corrected chi connectivity index (χ0v) is 10.3. The van der Waals surface area contributed by atoms with E-state index in [2.05, 4.69) is 19.7 Å². The third-order valence-corrected chi connectivity index (χ3v) is 2.76. The minimum absolute atomic E-state index is 0.180. The molecular weight excluding hydrogens is 274 g/mol. The number of carboxylic acid groups (broad SMARTS) is 1. The molecule has 2 N–H and O–H groups in total. The van der Waals surface area contributed by atoms with Crippen LogP contribution in [0.25, 0.3) is 0 Å². The van der Waals surface area contributed by atoms with Gasteiger partial charge in [-0.25, -0.2) is 14.8 Å². The van der Waals surface area contributed by atoms with E-state index in [4.69, 9.17) is 5.11 Å². The number of anilines is 2. The van der Waals surface area contributed by atoms with Crippen LogP contribution < -0.4 is 5.32 Å². The second-order valence-electron chi connectivity index (χ2n) is 3.40. The van der Waals surface area contributed by atoms with Gasteiger partial charge >= 0.3 is 11.7 Å². The molecule has 0 aliphatic carbocycles. The molecule has 0 radical (unpaired) electrons. The van der Waals surface area contributed by atoms with Crippen LogP contribution in [-0.4, -0.2) is 30.3 Å². The number of nitrogens with one attached hydrogen (secondary N) is 1. The molecule has 0 atom stereocenters. The van der Waals surface area contributed by atoms with Crippen molar-refractivity contribution in [3.8, 4) is 0 Å². The lowest BCUT2D eigenvalue weighted by molar-refractivity contribution is -0.384. The Balaban J connectivity index is 2.42. The summed E-state index contributed by atoms with van der Waals surface area (Å²) in [5.41, 5.74) is -0.632. The van der Waals surface area contributed by atoms with E-state index >= 15 is 0 Å². The average molecular weight is 281 g/mol. The molecule has 0 saturated carbocycles. The number of hydrogen-bond acceptors (Lipinski definition) is 8. The number of aryl methyl sites for hydroxylation is 1. The molecule has 2 rings (SSSR count). The molecule has 9 nitrogen and oxygen atoms in total.